The van der Waals surface area contributed by atoms with Crippen molar-refractivity contribution in [1.29, 1.82) is 0 Å². The molecule has 0 unspecified atom stereocenters. The Balaban J connectivity index is 0.000000164. The van der Waals surface area contributed by atoms with Gasteiger partial charge in [0.05, 0.1) is 67.2 Å². The SMILES string of the molecule is C.CCOc1cc(CN2CCC3(CC2)CC(=O)N(c2ccc(C(=O)O)cc2)C3)cc(C)c1-c1ncc(C)cc1F.CCOc1cc(CN2CCC3(CC2)CC(=O)N(c2ccc(C(=O)O)cn2)C3)cc(OCC)c1-c1ccc(C)cc1.CCOc1cc(CN2CCC3(CC2)CC(=O)N(c2ccc(C(=O)O)nc2)C3)cc(OCC)c1-c1ccc(C)cc1. The Kier molecular flexibility index (Phi) is 28.2. The van der Waals surface area contributed by atoms with E-state index in [0.29, 0.717) is 100 Å². The van der Waals surface area contributed by atoms with Gasteiger partial charge >= 0.3 is 17.9 Å². The van der Waals surface area contributed by atoms with Gasteiger partial charge < -0.3 is 48.8 Å². The van der Waals surface area contributed by atoms with Crippen molar-refractivity contribution in [1.82, 2.24) is 29.7 Å². The molecule has 3 spiro atoms. The standard InChI is InChI=1S/2C32H37N3O5.C31H34FN3O4.CH4/c1-4-39-26-16-23(17-27(40-5-2)30(26)24-8-6-22(3)7-9-24)20-34-14-12-32(13-15-34)18-29(36)35(21-32)28-11-10-25(19-33-28)31(37)38;1-4-39-27-16-23(17-28(40-5-2)30(27)24-8-6-22(3)7-9-24)20-34-14-12-32(13-15-34)18-29(36)35(21-32)25-10-11-26(31(37)38)33-19-25;1-4-39-26-15-22(14-21(3)28(26)29-25(32)13-20(2)17-33-29)18-34-11-9-31(10-12-34)16-27(36)35(19-31)24-7-5-23(6-8-24)30(37)38;/h2*6-11,16-17,19H,4-5,12-15,18,20-21H2,1-3H3,(H,37,38);5-8,13-15,17H,4,9-12,16,18-19H2,1-3H3,(H,37,38);1H4. The van der Waals surface area contributed by atoms with E-state index in [9.17, 15) is 33.2 Å². The van der Waals surface area contributed by atoms with Gasteiger partial charge in [0.25, 0.3) is 0 Å². The minimum Gasteiger partial charge on any atom is -0.493 e. The topological polar surface area (TPSA) is 267 Å². The maximum absolute atomic E-state index is 14.8. The van der Waals surface area contributed by atoms with Gasteiger partial charge in [-0.05, 0) is 280 Å². The fraction of sp³-hybridized carbons (Fsp3) is 0.406. The third-order valence-corrected chi connectivity index (χ3v) is 23.9. The van der Waals surface area contributed by atoms with Crippen LogP contribution < -0.4 is 38.4 Å². The van der Waals surface area contributed by atoms with Crippen LogP contribution in [0.1, 0.15) is 170 Å². The lowest BCUT2D eigenvalue weighted by molar-refractivity contribution is -0.119. The average molecular weight is 1630 g/mol. The first-order valence-corrected chi connectivity index (χ1v) is 41.5. The van der Waals surface area contributed by atoms with Gasteiger partial charge in [0, 0.05) is 82.2 Å². The average Bonchev–Trinajstić information content (AvgIpc) is 1.67. The summed E-state index contributed by atoms with van der Waals surface area (Å²) in [7, 11) is 0. The Morgan fingerprint density at radius 3 is 1.14 bits per heavy atom. The van der Waals surface area contributed by atoms with Crippen LogP contribution in [0.3, 0.4) is 0 Å². The number of carboxylic acids is 3. The highest BCUT2D eigenvalue weighted by Gasteiger charge is 2.49. The number of ether oxygens (including phenoxy) is 5. The number of aryl methyl sites for hydroxylation is 4. The maximum atomic E-state index is 14.8. The van der Waals surface area contributed by atoms with Crippen molar-refractivity contribution in [3.05, 3.63) is 220 Å². The van der Waals surface area contributed by atoms with Gasteiger partial charge in [-0.25, -0.2) is 28.7 Å². The number of nitrogens with zero attached hydrogens (tertiary/aromatic N) is 9. The number of likely N-dealkylation sites (tertiary alicyclic amines) is 3. The van der Waals surface area contributed by atoms with Crippen LogP contribution in [0.2, 0.25) is 0 Å². The lowest BCUT2D eigenvalue weighted by Gasteiger charge is -2.39. The van der Waals surface area contributed by atoms with E-state index in [-0.39, 0.29) is 64.0 Å². The Morgan fingerprint density at radius 2 is 0.775 bits per heavy atom. The van der Waals surface area contributed by atoms with Crippen molar-refractivity contribution < 1.29 is 72.2 Å². The monoisotopic (exact) mass is 1630 g/mol. The number of pyridine rings is 3. The van der Waals surface area contributed by atoms with Crippen molar-refractivity contribution in [3.8, 4) is 62.3 Å². The van der Waals surface area contributed by atoms with Crippen LogP contribution in [-0.2, 0) is 34.0 Å². The van der Waals surface area contributed by atoms with Gasteiger partial charge in [-0.1, -0.05) is 73.2 Å². The summed E-state index contributed by atoms with van der Waals surface area (Å²) >= 11 is 0. The van der Waals surface area contributed by atoms with Gasteiger partial charge in [0.15, 0.2) is 0 Å². The number of hydrogen-bond donors (Lipinski definition) is 3. The van der Waals surface area contributed by atoms with Crippen LogP contribution in [0.25, 0.3) is 33.5 Å². The predicted molar refractivity (Wildman–Crippen MR) is 462 cm³/mol. The third kappa shape index (κ3) is 20.5. The zero-order valence-corrected chi connectivity index (χ0v) is 69.6. The van der Waals surface area contributed by atoms with E-state index in [1.807, 2.05) is 54.5 Å². The lowest BCUT2D eigenvalue weighted by Crippen LogP contribution is -2.41. The van der Waals surface area contributed by atoms with Crippen LogP contribution in [0, 0.1) is 49.8 Å². The summed E-state index contributed by atoms with van der Waals surface area (Å²) in [5, 5.41) is 27.4. The summed E-state index contributed by atoms with van der Waals surface area (Å²) in [5.74, 6) is 1.29. The minimum atomic E-state index is -1.07. The molecule has 3 amide bonds. The molecule has 24 heteroatoms. The van der Waals surface area contributed by atoms with Crippen LogP contribution in [-0.4, -0.2) is 173 Å². The van der Waals surface area contributed by atoms with Crippen molar-refractivity contribution in [2.24, 2.45) is 16.2 Å². The first-order valence-electron chi connectivity index (χ1n) is 41.5. The number of anilines is 3. The smallest absolute Gasteiger partial charge is 0.354 e. The summed E-state index contributed by atoms with van der Waals surface area (Å²) in [6.07, 6.45) is 11.5. The van der Waals surface area contributed by atoms with E-state index < -0.39 is 17.9 Å². The molecule has 3 N–H and O–H groups in total. The number of carbonyl (C=O) groups excluding carboxylic acids is 3. The first kappa shape index (κ1) is 87.7. The molecule has 6 saturated heterocycles. The molecule has 9 heterocycles. The zero-order chi connectivity index (χ0) is 84.3. The van der Waals surface area contributed by atoms with Crippen LogP contribution in [0.15, 0.2) is 158 Å². The highest BCUT2D eigenvalue weighted by Crippen LogP contribution is 2.49. The molecule has 0 radical (unpaired) electrons. The van der Waals surface area contributed by atoms with Gasteiger partial charge in [0.1, 0.15) is 51.8 Å². The molecule has 0 saturated carbocycles. The number of halogens is 1. The molecule has 120 heavy (non-hydrogen) atoms. The fourth-order valence-corrected chi connectivity index (χ4v) is 17.6. The number of amides is 3. The number of carboxylic acid groups (broad SMARTS) is 3. The van der Waals surface area contributed by atoms with E-state index in [1.165, 1.54) is 41.7 Å². The molecule has 0 atom stereocenters. The number of benzene rings is 6. The third-order valence-electron chi connectivity index (χ3n) is 23.9. The van der Waals surface area contributed by atoms with Crippen LogP contribution in [0.4, 0.5) is 21.6 Å². The summed E-state index contributed by atoms with van der Waals surface area (Å²) < 4.78 is 45.2. The predicted octanol–water partition coefficient (Wildman–Crippen LogP) is 17.4. The summed E-state index contributed by atoms with van der Waals surface area (Å²) in [5.41, 5.74) is 14.1. The van der Waals surface area contributed by atoms with Crippen LogP contribution >= 0.6 is 0 Å². The van der Waals surface area contributed by atoms with Gasteiger partial charge in [-0.3, -0.25) is 39.0 Å². The van der Waals surface area contributed by atoms with Crippen molar-refractivity contribution in [2.75, 3.05) is 107 Å². The Morgan fingerprint density at radius 1 is 0.400 bits per heavy atom. The summed E-state index contributed by atoms with van der Waals surface area (Å²) in [4.78, 5) is 97.4. The highest BCUT2D eigenvalue weighted by molar-refractivity contribution is 5.99. The number of hydrogen-bond acceptors (Lipinski definition) is 17. The van der Waals surface area contributed by atoms with Gasteiger partial charge in [0.2, 0.25) is 17.7 Å². The largest absolute Gasteiger partial charge is 0.493 e. The van der Waals surface area contributed by atoms with Crippen LogP contribution in [0.5, 0.6) is 28.7 Å². The molecule has 9 aromatic rings. The normalized spacial score (nSPS) is 16.8. The summed E-state index contributed by atoms with van der Waals surface area (Å²) in [6, 6.07) is 43.8. The number of aromatic nitrogens is 3. The molecule has 15 rings (SSSR count). The van der Waals surface area contributed by atoms with Gasteiger partial charge in [-0.15, -0.1) is 0 Å². The summed E-state index contributed by atoms with van der Waals surface area (Å²) in [6.45, 7) is 30.1. The van der Waals surface area contributed by atoms with Gasteiger partial charge in [-0.2, -0.15) is 0 Å². The Labute approximate surface area is 703 Å². The van der Waals surface area contributed by atoms with Crippen molar-refractivity contribution >= 4 is 52.8 Å². The van der Waals surface area contributed by atoms with Crippen molar-refractivity contribution in [3.63, 3.8) is 0 Å². The van der Waals surface area contributed by atoms with E-state index in [0.717, 1.165) is 176 Å². The molecule has 0 bridgehead atoms. The molecule has 3 aromatic heterocycles. The molecule has 23 nitrogen and oxygen atoms in total. The second-order valence-corrected chi connectivity index (χ2v) is 32.5. The van der Waals surface area contributed by atoms with E-state index >= 15 is 0 Å². The molecule has 632 valence electrons. The maximum Gasteiger partial charge on any atom is 0.354 e. The molecular weight excluding hydrogens is 1520 g/mol. The molecule has 0 aliphatic carbocycles. The Bertz CT molecular complexity index is 4870. The lowest BCUT2D eigenvalue weighted by atomic mass is 9.77. The quantitative estimate of drug-likeness (QED) is 0.0480. The minimum absolute atomic E-state index is 0. The fourth-order valence-electron chi connectivity index (χ4n) is 17.6. The highest BCUT2D eigenvalue weighted by atomic mass is 19.1. The number of carbonyl (C=O) groups is 6. The molecule has 6 aliphatic heterocycles. The molecule has 6 fully saturated rings. The second kappa shape index (κ2) is 38.6. The van der Waals surface area contributed by atoms with E-state index in [4.69, 9.17) is 39.0 Å². The molecule has 6 aromatic carbocycles. The zero-order valence-electron chi connectivity index (χ0n) is 69.6. The molecule has 6 aliphatic rings. The first-order chi connectivity index (χ1) is 57.3. The number of piperidine rings is 3. The van der Waals surface area contributed by atoms with Crippen molar-refractivity contribution in [2.45, 2.75) is 147 Å². The molecular formula is C96H112FN9O14. The second-order valence-electron chi connectivity index (χ2n) is 32.5. The Hall–Kier alpha value is -11.6. The number of aromatic carboxylic acids is 3. The van der Waals surface area contributed by atoms with E-state index in [1.54, 1.807) is 57.3 Å². The van der Waals surface area contributed by atoms with E-state index in [2.05, 4.69) is 122 Å². The number of rotatable bonds is 25.